The first-order valence-corrected chi connectivity index (χ1v) is 7.25. The van der Waals surface area contributed by atoms with E-state index in [0.29, 0.717) is 0 Å². The van der Waals surface area contributed by atoms with Gasteiger partial charge >= 0.3 is 0 Å². The molecule has 0 radical (unpaired) electrons. The fraction of sp³-hybridized carbons (Fsp3) is 0.600. The fourth-order valence-electron chi connectivity index (χ4n) is 2.58. The number of hydrogen-bond donors (Lipinski definition) is 1. The van der Waals surface area contributed by atoms with Gasteiger partial charge in [-0.2, -0.15) is 0 Å². The highest BCUT2D eigenvalue weighted by Crippen LogP contribution is 2.10. The van der Waals surface area contributed by atoms with Gasteiger partial charge in [-0.3, -0.25) is 14.7 Å². The van der Waals surface area contributed by atoms with Crippen LogP contribution >= 0.6 is 0 Å². The minimum absolute atomic E-state index is 0.0618. The second kappa shape index (κ2) is 7.36. The third-order valence-corrected chi connectivity index (χ3v) is 3.77. The van der Waals surface area contributed by atoms with Crippen LogP contribution in [-0.2, 0) is 11.3 Å². The maximum atomic E-state index is 12.2. The number of amides is 1. The van der Waals surface area contributed by atoms with Gasteiger partial charge in [-0.1, -0.05) is 6.92 Å². The van der Waals surface area contributed by atoms with Crippen molar-refractivity contribution < 1.29 is 4.79 Å². The Bertz CT molecular complexity index is 415. The Morgan fingerprint density at radius 3 is 2.55 bits per heavy atom. The standard InChI is InChI=1S/C15H24N4O/c1-13(11-16-2)15(20)19-9-7-18(8-10-19)12-14-3-5-17-6-4-14/h3-6,13,16H,7-12H2,1-2H3. The lowest BCUT2D eigenvalue weighted by Crippen LogP contribution is -2.50. The zero-order valence-electron chi connectivity index (χ0n) is 12.4. The number of carbonyl (C=O) groups excluding carboxylic acids is 1. The molecular weight excluding hydrogens is 252 g/mol. The third kappa shape index (κ3) is 4.02. The van der Waals surface area contributed by atoms with Crippen LogP contribution in [0.1, 0.15) is 12.5 Å². The van der Waals surface area contributed by atoms with Crippen LogP contribution in [0, 0.1) is 5.92 Å². The van der Waals surface area contributed by atoms with Crippen LogP contribution < -0.4 is 5.32 Å². The molecule has 1 fully saturated rings. The summed E-state index contributed by atoms with van der Waals surface area (Å²) in [6.45, 7) is 7.23. The van der Waals surface area contributed by atoms with Crippen LogP contribution in [0.25, 0.3) is 0 Å². The molecule has 1 unspecified atom stereocenters. The normalized spacial score (nSPS) is 18.0. The Morgan fingerprint density at radius 1 is 1.30 bits per heavy atom. The van der Waals surface area contributed by atoms with E-state index in [0.717, 1.165) is 39.3 Å². The number of rotatable bonds is 5. The highest BCUT2D eigenvalue weighted by atomic mass is 16.2. The summed E-state index contributed by atoms with van der Waals surface area (Å²) in [6.07, 6.45) is 3.66. The van der Waals surface area contributed by atoms with E-state index in [1.165, 1.54) is 5.56 Å². The molecule has 1 saturated heterocycles. The minimum atomic E-state index is 0.0618. The first-order chi connectivity index (χ1) is 9.70. The molecule has 110 valence electrons. The van der Waals surface area contributed by atoms with Crippen molar-refractivity contribution in [2.24, 2.45) is 5.92 Å². The van der Waals surface area contributed by atoms with Crippen molar-refractivity contribution >= 4 is 5.91 Å². The lowest BCUT2D eigenvalue weighted by atomic mass is 10.1. The zero-order chi connectivity index (χ0) is 14.4. The van der Waals surface area contributed by atoms with Crippen molar-refractivity contribution in [1.29, 1.82) is 0 Å². The minimum Gasteiger partial charge on any atom is -0.340 e. The molecule has 5 heteroatoms. The SMILES string of the molecule is CNCC(C)C(=O)N1CCN(Cc2ccncc2)CC1. The summed E-state index contributed by atoms with van der Waals surface area (Å²) in [5.41, 5.74) is 1.28. The molecule has 5 nitrogen and oxygen atoms in total. The zero-order valence-corrected chi connectivity index (χ0v) is 12.4. The molecule has 0 aliphatic carbocycles. The molecule has 2 rings (SSSR count). The molecule has 1 aromatic heterocycles. The van der Waals surface area contributed by atoms with Crippen molar-refractivity contribution in [2.75, 3.05) is 39.8 Å². The second-order valence-electron chi connectivity index (χ2n) is 5.42. The summed E-state index contributed by atoms with van der Waals surface area (Å²) in [5.74, 6) is 0.328. The number of pyridine rings is 1. The lowest BCUT2D eigenvalue weighted by Gasteiger charge is -2.36. The van der Waals surface area contributed by atoms with Gasteiger partial charge in [-0.05, 0) is 24.7 Å². The van der Waals surface area contributed by atoms with Gasteiger partial charge in [-0.15, -0.1) is 0 Å². The molecule has 1 aliphatic heterocycles. The van der Waals surface area contributed by atoms with E-state index in [1.54, 1.807) is 0 Å². The van der Waals surface area contributed by atoms with E-state index >= 15 is 0 Å². The fourth-order valence-corrected chi connectivity index (χ4v) is 2.58. The number of carbonyl (C=O) groups is 1. The van der Waals surface area contributed by atoms with Crippen molar-refractivity contribution in [3.05, 3.63) is 30.1 Å². The van der Waals surface area contributed by atoms with Crippen LogP contribution in [0.4, 0.5) is 0 Å². The van der Waals surface area contributed by atoms with Gasteiger partial charge in [0.15, 0.2) is 0 Å². The topological polar surface area (TPSA) is 48.5 Å². The maximum Gasteiger partial charge on any atom is 0.226 e. The summed E-state index contributed by atoms with van der Waals surface area (Å²) < 4.78 is 0. The van der Waals surface area contributed by atoms with Crippen LogP contribution in [-0.4, -0.2) is 60.5 Å². The quantitative estimate of drug-likeness (QED) is 0.855. The van der Waals surface area contributed by atoms with E-state index in [2.05, 4.69) is 15.2 Å². The molecule has 0 spiro atoms. The number of aromatic nitrogens is 1. The average molecular weight is 276 g/mol. The van der Waals surface area contributed by atoms with E-state index in [-0.39, 0.29) is 11.8 Å². The summed E-state index contributed by atoms with van der Waals surface area (Å²) in [7, 11) is 1.89. The number of hydrogen-bond acceptors (Lipinski definition) is 4. The van der Waals surface area contributed by atoms with E-state index in [4.69, 9.17) is 0 Å². The first-order valence-electron chi connectivity index (χ1n) is 7.25. The van der Waals surface area contributed by atoms with Crippen molar-refractivity contribution in [1.82, 2.24) is 20.1 Å². The van der Waals surface area contributed by atoms with Crippen LogP contribution in [0.5, 0.6) is 0 Å². The molecule has 0 bridgehead atoms. The van der Waals surface area contributed by atoms with Crippen LogP contribution in [0.3, 0.4) is 0 Å². The van der Waals surface area contributed by atoms with Gasteiger partial charge in [0, 0.05) is 57.6 Å². The number of nitrogens with zero attached hydrogens (tertiary/aromatic N) is 3. The van der Waals surface area contributed by atoms with E-state index < -0.39 is 0 Å². The first kappa shape index (κ1) is 14.9. The number of nitrogens with one attached hydrogen (secondary N) is 1. The molecule has 2 heterocycles. The predicted octanol–water partition coefficient (Wildman–Crippen LogP) is 0.581. The Labute approximate surface area is 121 Å². The van der Waals surface area contributed by atoms with E-state index in [9.17, 15) is 4.79 Å². The Kier molecular flexibility index (Phi) is 5.49. The van der Waals surface area contributed by atoms with E-state index in [1.807, 2.05) is 43.4 Å². The Hall–Kier alpha value is -1.46. The molecule has 1 N–H and O–H groups in total. The maximum absolute atomic E-state index is 12.2. The highest BCUT2D eigenvalue weighted by molar-refractivity contribution is 5.78. The largest absolute Gasteiger partial charge is 0.340 e. The van der Waals surface area contributed by atoms with Gasteiger partial charge in [0.25, 0.3) is 0 Å². The summed E-state index contributed by atoms with van der Waals surface area (Å²) in [6, 6.07) is 4.10. The summed E-state index contributed by atoms with van der Waals surface area (Å²) >= 11 is 0. The van der Waals surface area contributed by atoms with Crippen molar-refractivity contribution in [2.45, 2.75) is 13.5 Å². The van der Waals surface area contributed by atoms with Gasteiger partial charge in [0.1, 0.15) is 0 Å². The number of piperazine rings is 1. The second-order valence-corrected chi connectivity index (χ2v) is 5.42. The lowest BCUT2D eigenvalue weighted by molar-refractivity contribution is -0.136. The van der Waals surface area contributed by atoms with Gasteiger partial charge in [0.2, 0.25) is 5.91 Å². The average Bonchev–Trinajstić information content (AvgIpc) is 2.48. The molecule has 1 aliphatic rings. The highest BCUT2D eigenvalue weighted by Gasteiger charge is 2.24. The monoisotopic (exact) mass is 276 g/mol. The van der Waals surface area contributed by atoms with Gasteiger partial charge in [0.05, 0.1) is 0 Å². The Balaban J connectivity index is 1.79. The molecule has 1 aromatic rings. The molecular formula is C15H24N4O. The predicted molar refractivity (Wildman–Crippen MR) is 79.2 cm³/mol. The van der Waals surface area contributed by atoms with Crippen molar-refractivity contribution in [3.63, 3.8) is 0 Å². The molecule has 0 aromatic carbocycles. The summed E-state index contributed by atoms with van der Waals surface area (Å²) in [5, 5.41) is 3.07. The van der Waals surface area contributed by atoms with Crippen LogP contribution in [0.15, 0.2) is 24.5 Å². The molecule has 1 amide bonds. The third-order valence-electron chi connectivity index (χ3n) is 3.77. The van der Waals surface area contributed by atoms with Crippen molar-refractivity contribution in [3.8, 4) is 0 Å². The molecule has 1 atom stereocenters. The molecule has 0 saturated carbocycles. The smallest absolute Gasteiger partial charge is 0.226 e. The van der Waals surface area contributed by atoms with Gasteiger partial charge in [-0.25, -0.2) is 0 Å². The summed E-state index contributed by atoms with van der Waals surface area (Å²) in [4.78, 5) is 20.6. The van der Waals surface area contributed by atoms with Crippen LogP contribution in [0.2, 0.25) is 0 Å². The Morgan fingerprint density at radius 2 is 1.95 bits per heavy atom. The molecule has 20 heavy (non-hydrogen) atoms. The van der Waals surface area contributed by atoms with Gasteiger partial charge < -0.3 is 10.2 Å².